The quantitative estimate of drug-likeness (QED) is 0.318. The first-order valence-corrected chi connectivity index (χ1v) is 10.4. The molecule has 134 valence electrons. The molecule has 1 N–H and O–H groups in total. The summed E-state index contributed by atoms with van der Waals surface area (Å²) < 4.78 is 0. The van der Waals surface area contributed by atoms with E-state index in [0.717, 1.165) is 0 Å². The average molecular weight is 320 g/mol. The maximum Gasteiger partial charge on any atom is 0.00429 e. The zero-order valence-electron chi connectivity index (χ0n) is 16.1. The molecule has 0 aliphatic heterocycles. The van der Waals surface area contributed by atoms with Crippen molar-refractivity contribution in [3.8, 4) is 0 Å². The minimum absolute atomic E-state index is 0.702. The standard InChI is InChI=1S/C22H41N/c1-4-6-7-8-9-10-11-12-13-14-15-16-17-21-18-23-19-22(21)20(3)5-2/h18-20,23H,4-17H2,1-3H3. The third kappa shape index (κ3) is 9.23. The molecule has 0 bridgehead atoms. The van der Waals surface area contributed by atoms with Crippen LogP contribution in [0.1, 0.15) is 121 Å². The number of aromatic nitrogens is 1. The van der Waals surface area contributed by atoms with Crippen molar-refractivity contribution in [2.24, 2.45) is 0 Å². The van der Waals surface area contributed by atoms with E-state index in [1.165, 1.54) is 89.9 Å². The molecule has 23 heavy (non-hydrogen) atoms. The number of nitrogens with one attached hydrogen (secondary N) is 1. The minimum atomic E-state index is 0.702. The van der Waals surface area contributed by atoms with E-state index in [2.05, 4.69) is 38.1 Å². The molecule has 1 rings (SSSR count). The lowest BCUT2D eigenvalue weighted by atomic mass is 9.95. The van der Waals surface area contributed by atoms with E-state index in [-0.39, 0.29) is 0 Å². The van der Waals surface area contributed by atoms with Gasteiger partial charge in [-0.25, -0.2) is 0 Å². The van der Waals surface area contributed by atoms with Gasteiger partial charge in [0.15, 0.2) is 0 Å². The summed E-state index contributed by atoms with van der Waals surface area (Å²) in [6.45, 7) is 6.92. The minimum Gasteiger partial charge on any atom is -0.367 e. The van der Waals surface area contributed by atoms with Gasteiger partial charge in [0.2, 0.25) is 0 Å². The van der Waals surface area contributed by atoms with E-state index in [1.54, 1.807) is 11.1 Å². The maximum absolute atomic E-state index is 3.31. The normalized spacial score (nSPS) is 12.7. The molecule has 0 aliphatic rings. The van der Waals surface area contributed by atoms with E-state index in [0.29, 0.717) is 5.92 Å². The van der Waals surface area contributed by atoms with Crippen LogP contribution in [0.2, 0.25) is 0 Å². The molecule has 0 aliphatic carbocycles. The molecule has 0 fully saturated rings. The van der Waals surface area contributed by atoms with Crippen LogP contribution >= 0.6 is 0 Å². The Labute approximate surface area is 145 Å². The fourth-order valence-electron chi connectivity index (χ4n) is 3.46. The lowest BCUT2D eigenvalue weighted by Crippen LogP contribution is -1.95. The molecule has 1 heteroatoms. The second-order valence-corrected chi connectivity index (χ2v) is 7.38. The molecule has 1 heterocycles. The highest BCUT2D eigenvalue weighted by Crippen LogP contribution is 2.24. The van der Waals surface area contributed by atoms with E-state index in [4.69, 9.17) is 0 Å². The lowest BCUT2D eigenvalue weighted by molar-refractivity contribution is 0.543. The molecular formula is C22H41N. The molecule has 0 saturated carbocycles. The van der Waals surface area contributed by atoms with Gasteiger partial charge < -0.3 is 4.98 Å². The number of aryl methyl sites for hydroxylation is 1. The summed E-state index contributed by atoms with van der Waals surface area (Å²) >= 11 is 0. The van der Waals surface area contributed by atoms with E-state index in [1.807, 2.05) is 0 Å². The SMILES string of the molecule is CCCCCCCCCCCCCCc1c[nH]cc1C(C)CC. The van der Waals surface area contributed by atoms with Gasteiger partial charge in [0.1, 0.15) is 0 Å². The zero-order chi connectivity index (χ0) is 16.8. The van der Waals surface area contributed by atoms with Gasteiger partial charge >= 0.3 is 0 Å². The number of hydrogen-bond donors (Lipinski definition) is 1. The van der Waals surface area contributed by atoms with Crippen LogP contribution in [0.5, 0.6) is 0 Å². The second kappa shape index (κ2) is 13.7. The third-order valence-corrected chi connectivity index (χ3v) is 5.31. The van der Waals surface area contributed by atoms with Crippen LogP contribution in [0.25, 0.3) is 0 Å². The average Bonchev–Trinajstić information content (AvgIpc) is 3.03. The number of hydrogen-bond acceptors (Lipinski definition) is 0. The summed E-state index contributed by atoms with van der Waals surface area (Å²) in [6, 6.07) is 0. The Hall–Kier alpha value is -0.720. The Morgan fingerprint density at radius 3 is 1.78 bits per heavy atom. The van der Waals surface area contributed by atoms with Gasteiger partial charge in [0, 0.05) is 12.4 Å². The Bertz CT molecular complexity index is 366. The molecule has 0 amide bonds. The summed E-state index contributed by atoms with van der Waals surface area (Å²) in [5.41, 5.74) is 3.11. The number of unbranched alkanes of at least 4 members (excludes halogenated alkanes) is 11. The molecule has 1 atom stereocenters. The molecule has 1 unspecified atom stereocenters. The molecule has 1 aromatic rings. The topological polar surface area (TPSA) is 15.8 Å². The number of aromatic amines is 1. The maximum atomic E-state index is 3.31. The fourth-order valence-corrected chi connectivity index (χ4v) is 3.46. The Morgan fingerprint density at radius 2 is 1.26 bits per heavy atom. The zero-order valence-corrected chi connectivity index (χ0v) is 16.1. The van der Waals surface area contributed by atoms with Crippen molar-refractivity contribution in [2.45, 2.75) is 117 Å². The first-order valence-electron chi connectivity index (χ1n) is 10.4. The van der Waals surface area contributed by atoms with Crippen molar-refractivity contribution >= 4 is 0 Å². The smallest absolute Gasteiger partial charge is 0.00429 e. The summed E-state index contributed by atoms with van der Waals surface area (Å²) in [5, 5.41) is 0. The summed E-state index contributed by atoms with van der Waals surface area (Å²) in [6.07, 6.45) is 24.1. The Balaban J connectivity index is 1.93. The largest absolute Gasteiger partial charge is 0.367 e. The first-order chi connectivity index (χ1) is 11.3. The van der Waals surface area contributed by atoms with Crippen LogP contribution in [0.4, 0.5) is 0 Å². The predicted octanol–water partition coefficient (Wildman–Crippen LogP) is 7.77. The number of rotatable bonds is 15. The highest BCUT2D eigenvalue weighted by Gasteiger charge is 2.09. The molecule has 1 aromatic heterocycles. The van der Waals surface area contributed by atoms with Gasteiger partial charge in [0.05, 0.1) is 0 Å². The second-order valence-electron chi connectivity index (χ2n) is 7.38. The summed E-state index contributed by atoms with van der Waals surface area (Å²) in [5.74, 6) is 0.702. The van der Waals surface area contributed by atoms with E-state index < -0.39 is 0 Å². The van der Waals surface area contributed by atoms with Crippen LogP contribution in [0.3, 0.4) is 0 Å². The first kappa shape index (κ1) is 20.3. The van der Waals surface area contributed by atoms with Crippen LogP contribution in [0, 0.1) is 0 Å². The highest BCUT2D eigenvalue weighted by atomic mass is 14.6. The molecule has 0 radical (unpaired) electrons. The van der Waals surface area contributed by atoms with Gasteiger partial charge in [-0.05, 0) is 36.3 Å². The van der Waals surface area contributed by atoms with Gasteiger partial charge in [-0.3, -0.25) is 0 Å². The van der Waals surface area contributed by atoms with Crippen molar-refractivity contribution in [2.75, 3.05) is 0 Å². The van der Waals surface area contributed by atoms with Crippen molar-refractivity contribution in [3.05, 3.63) is 23.5 Å². The molecular weight excluding hydrogens is 278 g/mol. The van der Waals surface area contributed by atoms with Gasteiger partial charge in [-0.1, -0.05) is 91.4 Å². The van der Waals surface area contributed by atoms with Gasteiger partial charge in [-0.15, -0.1) is 0 Å². The van der Waals surface area contributed by atoms with E-state index >= 15 is 0 Å². The van der Waals surface area contributed by atoms with E-state index in [9.17, 15) is 0 Å². The fraction of sp³-hybridized carbons (Fsp3) is 0.818. The monoisotopic (exact) mass is 319 g/mol. The summed E-state index contributed by atoms with van der Waals surface area (Å²) in [7, 11) is 0. The van der Waals surface area contributed by atoms with Crippen LogP contribution in [-0.2, 0) is 6.42 Å². The molecule has 1 nitrogen and oxygen atoms in total. The van der Waals surface area contributed by atoms with Crippen molar-refractivity contribution in [1.29, 1.82) is 0 Å². The molecule has 0 aromatic carbocycles. The Morgan fingerprint density at radius 1 is 0.739 bits per heavy atom. The molecule has 0 spiro atoms. The van der Waals surface area contributed by atoms with Crippen molar-refractivity contribution < 1.29 is 0 Å². The van der Waals surface area contributed by atoms with Crippen LogP contribution in [-0.4, -0.2) is 4.98 Å². The van der Waals surface area contributed by atoms with Crippen LogP contribution < -0.4 is 0 Å². The van der Waals surface area contributed by atoms with Crippen molar-refractivity contribution in [1.82, 2.24) is 4.98 Å². The van der Waals surface area contributed by atoms with Crippen molar-refractivity contribution in [3.63, 3.8) is 0 Å². The predicted molar refractivity (Wildman–Crippen MR) is 104 cm³/mol. The van der Waals surface area contributed by atoms with Crippen LogP contribution in [0.15, 0.2) is 12.4 Å². The summed E-state index contributed by atoms with van der Waals surface area (Å²) in [4.78, 5) is 3.31. The highest BCUT2D eigenvalue weighted by molar-refractivity contribution is 5.26. The lowest BCUT2D eigenvalue weighted by Gasteiger charge is -2.10. The Kier molecular flexibility index (Phi) is 12.1. The van der Waals surface area contributed by atoms with Gasteiger partial charge in [0.25, 0.3) is 0 Å². The van der Waals surface area contributed by atoms with Gasteiger partial charge in [-0.2, -0.15) is 0 Å². The molecule has 0 saturated heterocycles. The third-order valence-electron chi connectivity index (χ3n) is 5.31. The number of H-pyrrole nitrogens is 1.